The Bertz CT molecular complexity index is 406. The van der Waals surface area contributed by atoms with Crippen LogP contribution in [0, 0.1) is 17.3 Å². The van der Waals surface area contributed by atoms with E-state index < -0.39 is 0 Å². The Hall–Kier alpha value is -0.910. The van der Waals surface area contributed by atoms with Gasteiger partial charge in [-0.25, -0.2) is 0 Å². The lowest BCUT2D eigenvalue weighted by Crippen LogP contribution is -2.20. The van der Waals surface area contributed by atoms with Gasteiger partial charge in [0.25, 0.3) is 0 Å². The number of nitrogens with one attached hydrogen (secondary N) is 1. The van der Waals surface area contributed by atoms with Crippen molar-refractivity contribution in [1.82, 2.24) is 5.32 Å². The molecule has 94 valence electrons. The highest BCUT2D eigenvalue weighted by atomic mass is 35.5. The van der Waals surface area contributed by atoms with Gasteiger partial charge in [0.05, 0.1) is 6.26 Å². The van der Waals surface area contributed by atoms with Gasteiger partial charge >= 0.3 is 0 Å². The second kappa shape index (κ2) is 6.14. The van der Waals surface area contributed by atoms with Gasteiger partial charge < -0.3 is 9.73 Å². The van der Waals surface area contributed by atoms with E-state index in [4.69, 9.17) is 16.0 Å². The van der Waals surface area contributed by atoms with E-state index in [1.807, 2.05) is 6.07 Å². The molecule has 1 N–H and O–H groups in total. The first-order chi connectivity index (χ1) is 7.94. The molecule has 0 aliphatic rings. The van der Waals surface area contributed by atoms with E-state index >= 15 is 0 Å². The lowest BCUT2D eigenvalue weighted by Gasteiger charge is -2.14. The van der Waals surface area contributed by atoms with Gasteiger partial charge in [-0.05, 0) is 45.0 Å². The molecule has 0 aromatic carbocycles. The molecule has 0 radical (unpaired) electrons. The Morgan fingerprint density at radius 2 is 2.18 bits per heavy atom. The molecule has 0 amide bonds. The summed E-state index contributed by atoms with van der Waals surface area (Å²) in [5.74, 6) is 6.44. The van der Waals surface area contributed by atoms with Crippen LogP contribution in [0.15, 0.2) is 16.7 Å². The average molecular weight is 254 g/mol. The summed E-state index contributed by atoms with van der Waals surface area (Å²) in [6.07, 6.45) is 2.35. The zero-order valence-electron chi connectivity index (χ0n) is 10.9. The van der Waals surface area contributed by atoms with Crippen molar-refractivity contribution in [1.29, 1.82) is 0 Å². The van der Waals surface area contributed by atoms with E-state index in [1.54, 1.807) is 6.26 Å². The summed E-state index contributed by atoms with van der Waals surface area (Å²) in [4.78, 5) is 0. The molecule has 1 atom stereocenters. The van der Waals surface area contributed by atoms with Gasteiger partial charge in [0.15, 0.2) is 5.22 Å². The predicted molar refractivity (Wildman–Crippen MR) is 72.0 cm³/mol. The minimum Gasteiger partial charge on any atom is -0.453 e. The highest BCUT2D eigenvalue weighted by molar-refractivity contribution is 6.29. The van der Waals surface area contributed by atoms with Crippen LogP contribution in [-0.2, 0) is 0 Å². The van der Waals surface area contributed by atoms with Crippen molar-refractivity contribution in [3.8, 4) is 11.8 Å². The summed E-state index contributed by atoms with van der Waals surface area (Å²) in [6.45, 7) is 9.26. The molecule has 1 aromatic rings. The zero-order chi connectivity index (χ0) is 12.9. The summed E-state index contributed by atoms with van der Waals surface area (Å²) in [6, 6.07) is 2.04. The van der Waals surface area contributed by atoms with Crippen LogP contribution >= 0.6 is 11.6 Å². The topological polar surface area (TPSA) is 25.2 Å². The number of hydrogen-bond donors (Lipinski definition) is 1. The third-order valence-electron chi connectivity index (χ3n) is 2.24. The lowest BCUT2D eigenvalue weighted by molar-refractivity contribution is 0.532. The Balaban J connectivity index is 2.74. The van der Waals surface area contributed by atoms with E-state index in [2.05, 4.69) is 44.9 Å². The molecule has 3 heteroatoms. The average Bonchev–Trinajstić information content (AvgIpc) is 2.61. The molecule has 1 unspecified atom stereocenters. The van der Waals surface area contributed by atoms with Gasteiger partial charge in [-0.2, -0.15) is 0 Å². The quantitative estimate of drug-likeness (QED) is 0.820. The first-order valence-corrected chi connectivity index (χ1v) is 6.28. The maximum Gasteiger partial charge on any atom is 0.197 e. The summed E-state index contributed by atoms with van der Waals surface area (Å²) in [7, 11) is 0. The summed E-state index contributed by atoms with van der Waals surface area (Å²) < 4.78 is 5.12. The van der Waals surface area contributed by atoms with Crippen molar-refractivity contribution in [2.45, 2.75) is 40.2 Å². The molecule has 0 aliphatic heterocycles. The van der Waals surface area contributed by atoms with Crippen LogP contribution in [0.1, 0.15) is 45.7 Å². The predicted octanol–water partition coefficient (Wildman–Crippen LogP) is 4.02. The summed E-state index contributed by atoms with van der Waals surface area (Å²) in [5.41, 5.74) is 1.02. The van der Waals surface area contributed by atoms with E-state index in [0.29, 0.717) is 5.22 Å². The normalized spacial score (nSPS) is 13.0. The van der Waals surface area contributed by atoms with E-state index in [0.717, 1.165) is 18.5 Å². The van der Waals surface area contributed by atoms with E-state index in [9.17, 15) is 0 Å². The fraction of sp³-hybridized carbons (Fsp3) is 0.571. The summed E-state index contributed by atoms with van der Waals surface area (Å²) >= 11 is 5.98. The molecule has 1 heterocycles. The van der Waals surface area contributed by atoms with Crippen molar-refractivity contribution >= 4 is 11.6 Å². The third-order valence-corrected chi connectivity index (χ3v) is 2.55. The maximum absolute atomic E-state index is 5.98. The van der Waals surface area contributed by atoms with E-state index in [-0.39, 0.29) is 11.5 Å². The monoisotopic (exact) mass is 253 g/mol. The molecule has 2 nitrogen and oxygen atoms in total. The number of hydrogen-bond acceptors (Lipinski definition) is 2. The van der Waals surface area contributed by atoms with Gasteiger partial charge in [-0.3, -0.25) is 0 Å². The molecular weight excluding hydrogens is 234 g/mol. The Morgan fingerprint density at radius 1 is 1.47 bits per heavy atom. The van der Waals surface area contributed by atoms with Gasteiger partial charge in [-0.1, -0.05) is 12.8 Å². The fourth-order valence-corrected chi connectivity index (χ4v) is 1.76. The Morgan fingerprint density at radius 3 is 2.65 bits per heavy atom. The SMILES string of the molecule is CCNC(CC#CC(C)(C)C)c1ccoc1Cl. The van der Waals surface area contributed by atoms with Crippen LogP contribution < -0.4 is 5.32 Å². The minimum atomic E-state index is 0.0386. The van der Waals surface area contributed by atoms with Crippen molar-refractivity contribution < 1.29 is 4.42 Å². The minimum absolute atomic E-state index is 0.0386. The molecule has 1 aromatic heterocycles. The van der Waals surface area contributed by atoms with Gasteiger partial charge in [0.2, 0.25) is 0 Å². The highest BCUT2D eigenvalue weighted by Gasteiger charge is 2.15. The van der Waals surface area contributed by atoms with Crippen molar-refractivity contribution in [3.63, 3.8) is 0 Å². The smallest absolute Gasteiger partial charge is 0.197 e. The molecule has 0 saturated carbocycles. The third kappa shape index (κ3) is 4.85. The molecular formula is C14H20ClNO. The molecule has 0 fully saturated rings. The first kappa shape index (κ1) is 14.2. The largest absolute Gasteiger partial charge is 0.453 e. The van der Waals surface area contributed by atoms with Crippen molar-refractivity contribution in [2.24, 2.45) is 5.41 Å². The summed E-state index contributed by atoms with van der Waals surface area (Å²) in [5, 5.41) is 3.82. The first-order valence-electron chi connectivity index (χ1n) is 5.90. The van der Waals surface area contributed by atoms with Crippen LogP contribution in [0.3, 0.4) is 0 Å². The molecule has 1 rings (SSSR count). The Kier molecular flexibility index (Phi) is 5.11. The zero-order valence-corrected chi connectivity index (χ0v) is 11.7. The number of furan rings is 1. The van der Waals surface area contributed by atoms with Crippen LogP contribution in [0.4, 0.5) is 0 Å². The molecule has 0 saturated heterocycles. The Labute approximate surface area is 109 Å². The van der Waals surface area contributed by atoms with Gasteiger partial charge in [-0.15, -0.1) is 5.92 Å². The van der Waals surface area contributed by atoms with E-state index in [1.165, 1.54) is 0 Å². The van der Waals surface area contributed by atoms with Crippen molar-refractivity contribution in [3.05, 3.63) is 23.1 Å². The van der Waals surface area contributed by atoms with Crippen LogP contribution in [0.5, 0.6) is 0 Å². The standard InChI is InChI=1S/C14H20ClNO/c1-5-16-12(7-6-9-14(2,3)4)11-8-10-17-13(11)15/h8,10,12,16H,5,7H2,1-4H3. The van der Waals surface area contributed by atoms with Gasteiger partial charge in [0.1, 0.15) is 0 Å². The van der Waals surface area contributed by atoms with Crippen LogP contribution in [-0.4, -0.2) is 6.54 Å². The second-order valence-corrected chi connectivity index (χ2v) is 5.36. The van der Waals surface area contributed by atoms with Crippen LogP contribution in [0.25, 0.3) is 0 Å². The molecule has 0 aliphatic carbocycles. The van der Waals surface area contributed by atoms with Gasteiger partial charge in [0, 0.05) is 23.4 Å². The second-order valence-electron chi connectivity index (χ2n) is 5.02. The molecule has 0 spiro atoms. The number of rotatable bonds is 4. The number of halogens is 1. The van der Waals surface area contributed by atoms with Crippen molar-refractivity contribution in [2.75, 3.05) is 6.54 Å². The fourth-order valence-electron chi connectivity index (χ4n) is 1.51. The lowest BCUT2D eigenvalue weighted by atomic mass is 9.97. The van der Waals surface area contributed by atoms with Crippen LogP contribution in [0.2, 0.25) is 5.22 Å². The highest BCUT2D eigenvalue weighted by Crippen LogP contribution is 2.26. The molecule has 0 bridgehead atoms. The maximum atomic E-state index is 5.98. The molecule has 17 heavy (non-hydrogen) atoms.